The van der Waals surface area contributed by atoms with Crippen LogP contribution in [0.15, 0.2) is 42.5 Å². The quantitative estimate of drug-likeness (QED) is 0.821. The molecule has 3 nitrogen and oxygen atoms in total. The summed E-state index contributed by atoms with van der Waals surface area (Å²) < 4.78 is 5.13. The second-order valence-electron chi connectivity index (χ2n) is 3.62. The molecule has 0 radical (unpaired) electrons. The molecule has 0 unspecified atom stereocenters. The number of phenols is 1. The van der Waals surface area contributed by atoms with E-state index < -0.39 is 0 Å². The number of ether oxygens (including phenoxy) is 1. The third kappa shape index (κ3) is 2.28. The first-order valence-electron chi connectivity index (χ1n) is 5.17. The molecule has 0 aliphatic rings. The molecule has 0 aliphatic heterocycles. The van der Waals surface area contributed by atoms with Gasteiger partial charge in [0, 0.05) is 0 Å². The fourth-order valence-corrected chi connectivity index (χ4v) is 1.63. The Morgan fingerprint density at radius 3 is 2.53 bits per heavy atom. The normalized spacial score (nSPS) is 9.94. The minimum atomic E-state index is -0.0136. The van der Waals surface area contributed by atoms with E-state index in [2.05, 4.69) is 0 Å². The van der Waals surface area contributed by atoms with Crippen LogP contribution in [0.1, 0.15) is 10.4 Å². The Bertz CT molecular complexity index is 547. The van der Waals surface area contributed by atoms with Crippen LogP contribution in [0.25, 0.3) is 11.1 Å². The van der Waals surface area contributed by atoms with Gasteiger partial charge in [0.2, 0.25) is 0 Å². The molecule has 1 N–H and O–H groups in total. The van der Waals surface area contributed by atoms with Crippen LogP contribution in [0.4, 0.5) is 0 Å². The lowest BCUT2D eigenvalue weighted by atomic mass is 10.0. The van der Waals surface area contributed by atoms with Crippen LogP contribution in [0.3, 0.4) is 0 Å². The SMILES string of the molecule is COc1cccc(-c2ccc(C=O)c(O)c2)c1. The summed E-state index contributed by atoms with van der Waals surface area (Å²) in [6.45, 7) is 0. The van der Waals surface area contributed by atoms with Gasteiger partial charge in [-0.25, -0.2) is 0 Å². The summed E-state index contributed by atoms with van der Waals surface area (Å²) in [6.07, 6.45) is 0.630. The third-order valence-electron chi connectivity index (χ3n) is 2.56. The van der Waals surface area contributed by atoms with Crippen molar-refractivity contribution < 1.29 is 14.6 Å². The van der Waals surface area contributed by atoms with Crippen molar-refractivity contribution in [3.63, 3.8) is 0 Å². The van der Waals surface area contributed by atoms with Gasteiger partial charge in [0.05, 0.1) is 12.7 Å². The van der Waals surface area contributed by atoms with Gasteiger partial charge in [-0.3, -0.25) is 4.79 Å². The predicted octanol–water partition coefficient (Wildman–Crippen LogP) is 2.88. The molecule has 2 aromatic carbocycles. The zero-order chi connectivity index (χ0) is 12.3. The first-order chi connectivity index (χ1) is 8.24. The smallest absolute Gasteiger partial charge is 0.153 e. The number of hydrogen-bond acceptors (Lipinski definition) is 3. The van der Waals surface area contributed by atoms with Crippen molar-refractivity contribution in [3.8, 4) is 22.6 Å². The van der Waals surface area contributed by atoms with Crippen molar-refractivity contribution in [1.82, 2.24) is 0 Å². The molecule has 0 aliphatic carbocycles. The molecule has 2 aromatic rings. The molecule has 0 amide bonds. The molecule has 2 rings (SSSR count). The molecule has 86 valence electrons. The first-order valence-corrected chi connectivity index (χ1v) is 5.17. The Hall–Kier alpha value is -2.29. The number of benzene rings is 2. The Morgan fingerprint density at radius 1 is 1.12 bits per heavy atom. The fraction of sp³-hybridized carbons (Fsp3) is 0.0714. The van der Waals surface area contributed by atoms with Crippen LogP contribution in [-0.4, -0.2) is 18.5 Å². The van der Waals surface area contributed by atoms with Crippen molar-refractivity contribution >= 4 is 6.29 Å². The van der Waals surface area contributed by atoms with E-state index in [-0.39, 0.29) is 11.3 Å². The summed E-state index contributed by atoms with van der Waals surface area (Å²) in [6, 6.07) is 12.5. The van der Waals surface area contributed by atoms with Crippen LogP contribution >= 0.6 is 0 Å². The summed E-state index contributed by atoms with van der Waals surface area (Å²) in [5.74, 6) is 0.738. The number of carbonyl (C=O) groups is 1. The van der Waals surface area contributed by atoms with Gasteiger partial charge in [-0.2, -0.15) is 0 Å². The average molecular weight is 228 g/mol. The van der Waals surface area contributed by atoms with E-state index in [1.165, 1.54) is 0 Å². The maximum Gasteiger partial charge on any atom is 0.153 e. The number of carbonyl (C=O) groups excluding carboxylic acids is 1. The number of aldehydes is 1. The van der Waals surface area contributed by atoms with Gasteiger partial charge in [0.25, 0.3) is 0 Å². The molecular weight excluding hydrogens is 216 g/mol. The second kappa shape index (κ2) is 4.70. The molecular formula is C14H12O3. The zero-order valence-electron chi connectivity index (χ0n) is 9.38. The van der Waals surface area contributed by atoms with Crippen molar-refractivity contribution in [2.24, 2.45) is 0 Å². The van der Waals surface area contributed by atoms with Crippen LogP contribution in [0.5, 0.6) is 11.5 Å². The van der Waals surface area contributed by atoms with Crippen LogP contribution in [-0.2, 0) is 0 Å². The predicted molar refractivity (Wildman–Crippen MR) is 65.5 cm³/mol. The Balaban J connectivity index is 2.45. The number of rotatable bonds is 3. The molecule has 17 heavy (non-hydrogen) atoms. The van der Waals surface area contributed by atoms with E-state index in [4.69, 9.17) is 4.74 Å². The van der Waals surface area contributed by atoms with E-state index in [0.29, 0.717) is 6.29 Å². The first kappa shape index (κ1) is 11.2. The zero-order valence-corrected chi connectivity index (χ0v) is 9.38. The molecule has 0 spiro atoms. The molecule has 0 heterocycles. The summed E-state index contributed by atoms with van der Waals surface area (Å²) in [4.78, 5) is 10.6. The van der Waals surface area contributed by atoms with Gasteiger partial charge < -0.3 is 9.84 Å². The average Bonchev–Trinajstić information content (AvgIpc) is 2.38. The topological polar surface area (TPSA) is 46.5 Å². The van der Waals surface area contributed by atoms with E-state index >= 15 is 0 Å². The van der Waals surface area contributed by atoms with Crippen molar-refractivity contribution in [2.45, 2.75) is 0 Å². The van der Waals surface area contributed by atoms with E-state index in [9.17, 15) is 9.90 Å². The number of methoxy groups -OCH3 is 1. The number of hydrogen-bond donors (Lipinski definition) is 1. The summed E-state index contributed by atoms with van der Waals surface area (Å²) in [5, 5.41) is 9.62. The summed E-state index contributed by atoms with van der Waals surface area (Å²) in [7, 11) is 1.60. The lowest BCUT2D eigenvalue weighted by Crippen LogP contribution is -1.85. The highest BCUT2D eigenvalue weighted by Gasteiger charge is 2.04. The van der Waals surface area contributed by atoms with E-state index in [0.717, 1.165) is 16.9 Å². The highest BCUT2D eigenvalue weighted by molar-refractivity contribution is 5.81. The second-order valence-corrected chi connectivity index (χ2v) is 3.62. The monoisotopic (exact) mass is 228 g/mol. The molecule has 0 saturated heterocycles. The number of phenolic OH excluding ortho intramolecular Hbond substituents is 1. The van der Waals surface area contributed by atoms with Gasteiger partial charge in [-0.1, -0.05) is 18.2 Å². The number of aromatic hydroxyl groups is 1. The highest BCUT2D eigenvalue weighted by Crippen LogP contribution is 2.27. The molecule has 0 fully saturated rings. The Labute approximate surface area is 99.3 Å². The molecule has 3 heteroatoms. The van der Waals surface area contributed by atoms with Gasteiger partial charge in [0.1, 0.15) is 11.5 Å². The molecule has 0 aromatic heterocycles. The lowest BCUT2D eigenvalue weighted by molar-refractivity contribution is 0.112. The van der Waals surface area contributed by atoms with E-state index in [1.54, 1.807) is 25.3 Å². The standard InChI is InChI=1S/C14H12O3/c1-17-13-4-2-3-10(7-13)11-5-6-12(9-15)14(16)8-11/h2-9,16H,1H3. The van der Waals surface area contributed by atoms with Crippen molar-refractivity contribution in [2.75, 3.05) is 7.11 Å². The van der Waals surface area contributed by atoms with Crippen molar-refractivity contribution in [3.05, 3.63) is 48.0 Å². The van der Waals surface area contributed by atoms with Crippen LogP contribution in [0.2, 0.25) is 0 Å². The Morgan fingerprint density at radius 2 is 1.88 bits per heavy atom. The maximum absolute atomic E-state index is 10.6. The van der Waals surface area contributed by atoms with Gasteiger partial charge >= 0.3 is 0 Å². The van der Waals surface area contributed by atoms with Crippen LogP contribution in [0, 0.1) is 0 Å². The fourth-order valence-electron chi connectivity index (χ4n) is 1.63. The molecule has 0 saturated carbocycles. The summed E-state index contributed by atoms with van der Waals surface area (Å²) >= 11 is 0. The van der Waals surface area contributed by atoms with Gasteiger partial charge in [0.15, 0.2) is 6.29 Å². The van der Waals surface area contributed by atoms with Gasteiger partial charge in [-0.05, 0) is 35.4 Å². The van der Waals surface area contributed by atoms with Crippen molar-refractivity contribution in [1.29, 1.82) is 0 Å². The maximum atomic E-state index is 10.6. The molecule has 0 atom stereocenters. The highest BCUT2D eigenvalue weighted by atomic mass is 16.5. The van der Waals surface area contributed by atoms with Crippen LogP contribution < -0.4 is 4.74 Å². The minimum Gasteiger partial charge on any atom is -0.507 e. The lowest BCUT2D eigenvalue weighted by Gasteiger charge is -2.06. The Kier molecular flexibility index (Phi) is 3.10. The molecule has 0 bridgehead atoms. The largest absolute Gasteiger partial charge is 0.507 e. The summed E-state index contributed by atoms with van der Waals surface area (Å²) in [5.41, 5.74) is 2.06. The minimum absolute atomic E-state index is 0.0136. The van der Waals surface area contributed by atoms with E-state index in [1.807, 2.05) is 24.3 Å². The third-order valence-corrected chi connectivity index (χ3v) is 2.56. The van der Waals surface area contributed by atoms with Gasteiger partial charge in [-0.15, -0.1) is 0 Å².